The van der Waals surface area contributed by atoms with E-state index < -0.39 is 11.5 Å². The van der Waals surface area contributed by atoms with Gasteiger partial charge in [0.1, 0.15) is 6.10 Å². The summed E-state index contributed by atoms with van der Waals surface area (Å²) in [6.07, 6.45) is 5.33. The quantitative estimate of drug-likeness (QED) is 0.208. The molecule has 4 aromatic rings. The highest BCUT2D eigenvalue weighted by atomic mass is 16.5. The largest absolute Gasteiger partial charge is 0.460 e. The smallest absolute Gasteiger partial charge is 0.336 e. The fourth-order valence-electron chi connectivity index (χ4n) is 5.46. The lowest BCUT2D eigenvalue weighted by molar-refractivity contribution is -0.157. The van der Waals surface area contributed by atoms with Gasteiger partial charge in [0.2, 0.25) is 0 Å². The molecule has 192 valence electrons. The zero-order chi connectivity index (χ0) is 26.4. The van der Waals surface area contributed by atoms with Crippen LogP contribution in [-0.2, 0) is 16.0 Å². The standard InChI is InChI=1S/C34H33NO3/c1-2-34(24-25-13-5-3-6-14-25,35-32(36)27-16-7-4-8-17-27)33(37)38-31-20-12-11-19-30(31)29-22-21-26-15-9-10-18-28(26)23-29/h2-10,13-18,21-23,30-31H,1,11-12,19-20,24H2,(H,35,36)/t30-,31+,34-/m0/s1. The topological polar surface area (TPSA) is 55.4 Å². The van der Waals surface area contributed by atoms with Crippen LogP contribution in [0.25, 0.3) is 10.8 Å². The zero-order valence-corrected chi connectivity index (χ0v) is 21.5. The first-order chi connectivity index (χ1) is 18.6. The molecule has 0 spiro atoms. The summed E-state index contributed by atoms with van der Waals surface area (Å²) in [5, 5.41) is 5.35. The lowest BCUT2D eigenvalue weighted by Gasteiger charge is -2.36. The molecule has 5 rings (SSSR count). The fourth-order valence-corrected chi connectivity index (χ4v) is 5.46. The van der Waals surface area contributed by atoms with Gasteiger partial charge in [-0.15, -0.1) is 6.58 Å². The molecule has 38 heavy (non-hydrogen) atoms. The van der Waals surface area contributed by atoms with Gasteiger partial charge in [0.25, 0.3) is 5.91 Å². The highest BCUT2D eigenvalue weighted by Crippen LogP contribution is 2.37. The predicted octanol–water partition coefficient (Wildman–Crippen LogP) is 7.01. The number of hydrogen-bond donors (Lipinski definition) is 1. The summed E-state index contributed by atoms with van der Waals surface area (Å²) in [4.78, 5) is 27.3. The van der Waals surface area contributed by atoms with E-state index in [1.807, 2.05) is 48.5 Å². The van der Waals surface area contributed by atoms with Crippen LogP contribution in [0.1, 0.15) is 53.1 Å². The second-order valence-corrected chi connectivity index (χ2v) is 10.1. The molecule has 1 fully saturated rings. The van der Waals surface area contributed by atoms with E-state index in [0.717, 1.165) is 31.2 Å². The lowest BCUT2D eigenvalue weighted by Crippen LogP contribution is -2.56. The van der Waals surface area contributed by atoms with Gasteiger partial charge in [-0.2, -0.15) is 0 Å². The molecular weight excluding hydrogens is 470 g/mol. The number of nitrogens with one attached hydrogen (secondary N) is 1. The molecule has 4 heteroatoms. The molecule has 4 aromatic carbocycles. The maximum atomic E-state index is 14.0. The van der Waals surface area contributed by atoms with Crippen molar-refractivity contribution in [2.45, 2.75) is 49.7 Å². The number of carbonyl (C=O) groups excluding carboxylic acids is 2. The Bertz CT molecular complexity index is 1420. The van der Waals surface area contributed by atoms with Crippen LogP contribution in [-0.4, -0.2) is 23.5 Å². The predicted molar refractivity (Wildman–Crippen MR) is 152 cm³/mol. The van der Waals surface area contributed by atoms with Crippen LogP contribution in [0.15, 0.2) is 116 Å². The fraction of sp³-hybridized carbons (Fsp3) is 0.235. The summed E-state index contributed by atoms with van der Waals surface area (Å²) >= 11 is 0. The Morgan fingerprint density at radius 2 is 1.50 bits per heavy atom. The molecule has 1 saturated carbocycles. The van der Waals surface area contributed by atoms with Crippen molar-refractivity contribution in [2.24, 2.45) is 0 Å². The average molecular weight is 504 g/mol. The molecule has 0 unspecified atom stereocenters. The second-order valence-electron chi connectivity index (χ2n) is 10.1. The highest BCUT2D eigenvalue weighted by molar-refractivity contribution is 5.99. The van der Waals surface area contributed by atoms with Crippen LogP contribution in [0.2, 0.25) is 0 Å². The number of ether oxygens (including phenoxy) is 1. The zero-order valence-electron chi connectivity index (χ0n) is 21.5. The Labute approximate surface area is 224 Å². The van der Waals surface area contributed by atoms with Crippen LogP contribution in [0.4, 0.5) is 0 Å². The highest BCUT2D eigenvalue weighted by Gasteiger charge is 2.42. The minimum Gasteiger partial charge on any atom is -0.460 e. The number of carbonyl (C=O) groups is 2. The van der Waals surface area contributed by atoms with Crippen molar-refractivity contribution < 1.29 is 14.3 Å². The maximum absolute atomic E-state index is 14.0. The number of amides is 1. The maximum Gasteiger partial charge on any atom is 0.336 e. The van der Waals surface area contributed by atoms with Crippen molar-refractivity contribution in [1.29, 1.82) is 0 Å². The summed E-state index contributed by atoms with van der Waals surface area (Å²) in [5.41, 5.74) is 1.17. The van der Waals surface area contributed by atoms with E-state index in [-0.39, 0.29) is 24.3 Å². The summed E-state index contributed by atoms with van der Waals surface area (Å²) in [5.74, 6) is -0.715. The van der Waals surface area contributed by atoms with Gasteiger partial charge in [-0.3, -0.25) is 4.79 Å². The minimum atomic E-state index is -1.40. The van der Waals surface area contributed by atoms with Gasteiger partial charge >= 0.3 is 5.97 Å². The molecule has 3 atom stereocenters. The van der Waals surface area contributed by atoms with Crippen LogP contribution in [0.3, 0.4) is 0 Å². The van der Waals surface area contributed by atoms with E-state index in [1.54, 1.807) is 24.3 Å². The molecule has 0 aromatic heterocycles. The van der Waals surface area contributed by atoms with Gasteiger partial charge in [0.05, 0.1) is 0 Å². The first-order valence-electron chi connectivity index (χ1n) is 13.3. The normalized spacial score (nSPS) is 18.7. The Balaban J connectivity index is 1.44. The van der Waals surface area contributed by atoms with Gasteiger partial charge < -0.3 is 10.1 Å². The third-order valence-electron chi connectivity index (χ3n) is 7.57. The van der Waals surface area contributed by atoms with Gasteiger partial charge in [0.15, 0.2) is 5.54 Å². The molecule has 0 saturated heterocycles. The van der Waals surface area contributed by atoms with Gasteiger partial charge in [-0.1, -0.05) is 103 Å². The molecule has 0 aliphatic heterocycles. The first kappa shape index (κ1) is 25.5. The average Bonchev–Trinajstić information content (AvgIpc) is 2.97. The van der Waals surface area contributed by atoms with E-state index in [1.165, 1.54) is 22.4 Å². The second kappa shape index (κ2) is 11.5. The van der Waals surface area contributed by atoms with Gasteiger partial charge in [0, 0.05) is 17.9 Å². The van der Waals surface area contributed by atoms with E-state index in [9.17, 15) is 9.59 Å². The van der Waals surface area contributed by atoms with Crippen molar-refractivity contribution in [1.82, 2.24) is 5.32 Å². The Kier molecular flexibility index (Phi) is 7.69. The number of rotatable bonds is 8. The molecule has 0 radical (unpaired) electrons. The SMILES string of the molecule is C=C[C@@](Cc1ccccc1)(NC(=O)c1ccccc1)C(=O)O[C@@H]1CCCC[C@H]1c1ccc2ccccc2c1. The molecule has 1 amide bonds. The lowest BCUT2D eigenvalue weighted by atomic mass is 9.80. The van der Waals surface area contributed by atoms with Crippen molar-refractivity contribution in [3.05, 3.63) is 132 Å². The van der Waals surface area contributed by atoms with Crippen LogP contribution < -0.4 is 5.32 Å². The van der Waals surface area contributed by atoms with Crippen LogP contribution in [0.5, 0.6) is 0 Å². The third kappa shape index (κ3) is 5.55. The summed E-state index contributed by atoms with van der Waals surface area (Å²) in [6.45, 7) is 3.99. The summed E-state index contributed by atoms with van der Waals surface area (Å²) in [7, 11) is 0. The molecule has 1 N–H and O–H groups in total. The Morgan fingerprint density at radius 1 is 0.842 bits per heavy atom. The van der Waals surface area contributed by atoms with Crippen LogP contribution in [0, 0.1) is 0 Å². The number of fused-ring (bicyclic) bond motifs is 1. The van der Waals surface area contributed by atoms with E-state index in [0.29, 0.717) is 5.56 Å². The molecule has 0 bridgehead atoms. The van der Waals surface area contributed by atoms with E-state index in [4.69, 9.17) is 4.74 Å². The first-order valence-corrected chi connectivity index (χ1v) is 13.3. The summed E-state index contributed by atoms with van der Waals surface area (Å²) < 4.78 is 6.31. The number of hydrogen-bond acceptors (Lipinski definition) is 3. The molecule has 1 aliphatic rings. The minimum absolute atomic E-state index is 0.0985. The van der Waals surface area contributed by atoms with Crippen molar-refractivity contribution >= 4 is 22.6 Å². The van der Waals surface area contributed by atoms with Crippen molar-refractivity contribution in [3.8, 4) is 0 Å². The monoisotopic (exact) mass is 503 g/mol. The van der Waals surface area contributed by atoms with Crippen molar-refractivity contribution in [3.63, 3.8) is 0 Å². The van der Waals surface area contributed by atoms with Crippen molar-refractivity contribution in [2.75, 3.05) is 0 Å². The third-order valence-corrected chi connectivity index (χ3v) is 7.57. The van der Waals surface area contributed by atoms with E-state index in [2.05, 4.69) is 42.2 Å². The van der Waals surface area contributed by atoms with E-state index >= 15 is 0 Å². The van der Waals surface area contributed by atoms with Gasteiger partial charge in [-0.05, 0) is 53.3 Å². The molecular formula is C34H33NO3. The molecule has 0 heterocycles. The Morgan fingerprint density at radius 3 is 2.24 bits per heavy atom. The summed E-state index contributed by atoms with van der Waals surface area (Å²) in [6, 6.07) is 33.4. The van der Waals surface area contributed by atoms with Crippen LogP contribution >= 0.6 is 0 Å². The Hall–Kier alpha value is -4.18. The molecule has 4 nitrogen and oxygen atoms in total. The molecule has 1 aliphatic carbocycles. The number of benzene rings is 4. The van der Waals surface area contributed by atoms with Gasteiger partial charge in [-0.25, -0.2) is 4.79 Å². The number of esters is 1.